The molecule has 1 aromatic rings. The molecule has 0 aliphatic heterocycles. The van der Waals surface area contributed by atoms with Gasteiger partial charge in [-0.2, -0.15) is 0 Å². The minimum absolute atomic E-state index is 0.0253. The molecule has 0 atom stereocenters. The fourth-order valence-electron chi connectivity index (χ4n) is 0.889. The SMILES string of the molecule is C[Si](C)(C)C#Cc1cccc(CO)n1. The molecule has 0 aliphatic rings. The molecule has 0 unspecified atom stereocenters. The van der Waals surface area contributed by atoms with Crippen molar-refractivity contribution in [3.63, 3.8) is 0 Å². The summed E-state index contributed by atoms with van der Waals surface area (Å²) in [4.78, 5) is 4.19. The first kappa shape index (κ1) is 11.0. The third-order valence-corrected chi connectivity index (χ3v) is 2.41. The summed E-state index contributed by atoms with van der Waals surface area (Å²) in [6.45, 7) is 6.55. The second-order valence-corrected chi connectivity index (χ2v) is 8.92. The predicted octanol–water partition coefficient (Wildman–Crippen LogP) is 1.80. The second-order valence-electron chi connectivity index (χ2n) is 4.17. The van der Waals surface area contributed by atoms with Gasteiger partial charge < -0.3 is 5.11 Å². The maximum atomic E-state index is 8.89. The van der Waals surface area contributed by atoms with Crippen molar-refractivity contribution in [3.05, 3.63) is 29.6 Å². The molecule has 0 amide bonds. The summed E-state index contributed by atoms with van der Waals surface area (Å²) in [7, 11) is -1.33. The average Bonchev–Trinajstić information content (AvgIpc) is 2.14. The third-order valence-electron chi connectivity index (χ3n) is 1.53. The topological polar surface area (TPSA) is 33.1 Å². The van der Waals surface area contributed by atoms with Gasteiger partial charge in [-0.1, -0.05) is 31.6 Å². The third kappa shape index (κ3) is 3.73. The van der Waals surface area contributed by atoms with Crippen LogP contribution >= 0.6 is 0 Å². The molecule has 1 N–H and O–H groups in total. The van der Waals surface area contributed by atoms with Crippen molar-refractivity contribution in [2.45, 2.75) is 26.2 Å². The van der Waals surface area contributed by atoms with Crippen molar-refractivity contribution in [2.24, 2.45) is 0 Å². The zero-order valence-corrected chi connectivity index (χ0v) is 9.83. The van der Waals surface area contributed by atoms with Crippen molar-refractivity contribution in [1.82, 2.24) is 4.98 Å². The van der Waals surface area contributed by atoms with Gasteiger partial charge in [0.15, 0.2) is 0 Å². The van der Waals surface area contributed by atoms with E-state index < -0.39 is 8.07 Å². The Kier molecular flexibility index (Phi) is 3.45. The Morgan fingerprint density at radius 2 is 2.07 bits per heavy atom. The zero-order valence-electron chi connectivity index (χ0n) is 8.83. The van der Waals surface area contributed by atoms with E-state index in [-0.39, 0.29) is 6.61 Å². The lowest BCUT2D eigenvalue weighted by atomic mass is 10.3. The van der Waals surface area contributed by atoms with Crippen LogP contribution in [0.2, 0.25) is 19.6 Å². The maximum absolute atomic E-state index is 8.89. The zero-order chi connectivity index (χ0) is 10.6. The lowest BCUT2D eigenvalue weighted by Gasteiger charge is -2.03. The van der Waals surface area contributed by atoms with Crippen LogP contribution in [0.3, 0.4) is 0 Å². The molecule has 1 aromatic heterocycles. The van der Waals surface area contributed by atoms with Gasteiger partial charge in [-0.3, -0.25) is 0 Å². The summed E-state index contributed by atoms with van der Waals surface area (Å²) in [5, 5.41) is 8.89. The Labute approximate surface area is 86.0 Å². The molecule has 0 aromatic carbocycles. The van der Waals surface area contributed by atoms with Gasteiger partial charge in [-0.15, -0.1) is 5.54 Å². The van der Waals surface area contributed by atoms with Crippen LogP contribution in [-0.4, -0.2) is 18.2 Å². The molecule has 1 heterocycles. The van der Waals surface area contributed by atoms with E-state index in [9.17, 15) is 0 Å². The van der Waals surface area contributed by atoms with E-state index >= 15 is 0 Å². The van der Waals surface area contributed by atoms with Gasteiger partial charge in [0.25, 0.3) is 0 Å². The first-order valence-electron chi connectivity index (χ1n) is 4.61. The highest BCUT2D eigenvalue weighted by Crippen LogP contribution is 2.00. The minimum atomic E-state index is -1.33. The van der Waals surface area contributed by atoms with E-state index in [0.717, 1.165) is 5.69 Å². The predicted molar refractivity (Wildman–Crippen MR) is 60.4 cm³/mol. The minimum Gasteiger partial charge on any atom is -0.390 e. The van der Waals surface area contributed by atoms with E-state index in [0.29, 0.717) is 5.69 Å². The highest BCUT2D eigenvalue weighted by Gasteiger charge is 2.07. The second kappa shape index (κ2) is 4.40. The van der Waals surface area contributed by atoms with Crippen molar-refractivity contribution in [1.29, 1.82) is 0 Å². The first-order chi connectivity index (χ1) is 6.51. The molecule has 74 valence electrons. The molecule has 14 heavy (non-hydrogen) atoms. The van der Waals surface area contributed by atoms with Crippen LogP contribution in [0.25, 0.3) is 0 Å². The Bertz CT molecular complexity index is 371. The Hall–Kier alpha value is -1.11. The molecule has 1 rings (SSSR count). The van der Waals surface area contributed by atoms with E-state index in [1.54, 1.807) is 6.07 Å². The highest BCUT2D eigenvalue weighted by atomic mass is 28.3. The lowest BCUT2D eigenvalue weighted by molar-refractivity contribution is 0.277. The largest absolute Gasteiger partial charge is 0.390 e. The molecule has 0 saturated heterocycles. The van der Waals surface area contributed by atoms with E-state index in [1.165, 1.54) is 0 Å². The number of aliphatic hydroxyl groups excluding tert-OH is 1. The van der Waals surface area contributed by atoms with Crippen molar-refractivity contribution >= 4 is 8.07 Å². The number of aromatic nitrogens is 1. The van der Waals surface area contributed by atoms with Crippen molar-refractivity contribution in [3.8, 4) is 11.5 Å². The van der Waals surface area contributed by atoms with Gasteiger partial charge in [-0.05, 0) is 12.1 Å². The molecule has 2 nitrogen and oxygen atoms in total. The molecule has 0 saturated carbocycles. The number of hydrogen-bond acceptors (Lipinski definition) is 2. The fourth-order valence-corrected chi connectivity index (χ4v) is 1.39. The molecule has 0 radical (unpaired) electrons. The summed E-state index contributed by atoms with van der Waals surface area (Å²) in [5.74, 6) is 3.05. The average molecular weight is 205 g/mol. The number of aliphatic hydroxyl groups is 1. The standard InChI is InChI=1S/C11H15NOSi/c1-14(2,3)8-7-10-5-4-6-11(9-13)12-10/h4-6,13H,9H2,1-3H3. The van der Waals surface area contributed by atoms with Gasteiger partial charge in [-0.25, -0.2) is 4.98 Å². The van der Waals surface area contributed by atoms with Crippen molar-refractivity contribution < 1.29 is 5.11 Å². The number of nitrogens with zero attached hydrogens (tertiary/aromatic N) is 1. The summed E-state index contributed by atoms with van der Waals surface area (Å²) in [6, 6.07) is 5.53. The van der Waals surface area contributed by atoms with Gasteiger partial charge in [0.05, 0.1) is 12.3 Å². The number of rotatable bonds is 1. The molecular formula is C11H15NOSi. The van der Waals surface area contributed by atoms with Crippen LogP contribution in [0.1, 0.15) is 11.4 Å². The molecule has 0 aliphatic carbocycles. The van der Waals surface area contributed by atoms with Crippen molar-refractivity contribution in [2.75, 3.05) is 0 Å². The summed E-state index contributed by atoms with van der Waals surface area (Å²) in [6.07, 6.45) is 0. The highest BCUT2D eigenvalue weighted by molar-refractivity contribution is 6.83. The van der Waals surface area contributed by atoms with Gasteiger partial charge in [0.1, 0.15) is 13.8 Å². The maximum Gasteiger partial charge on any atom is 0.129 e. The van der Waals surface area contributed by atoms with Crippen LogP contribution < -0.4 is 0 Å². The smallest absolute Gasteiger partial charge is 0.129 e. The van der Waals surface area contributed by atoms with Crippen LogP contribution in [0.4, 0.5) is 0 Å². The molecule has 3 heteroatoms. The normalized spacial score (nSPS) is 10.6. The first-order valence-corrected chi connectivity index (χ1v) is 8.11. The Morgan fingerprint density at radius 1 is 1.36 bits per heavy atom. The summed E-state index contributed by atoms with van der Waals surface area (Å²) >= 11 is 0. The Balaban J connectivity index is 2.90. The molecule has 0 fully saturated rings. The molecule has 0 bridgehead atoms. The fraction of sp³-hybridized carbons (Fsp3) is 0.364. The summed E-state index contributed by atoms with van der Waals surface area (Å²) < 4.78 is 0. The van der Waals surface area contributed by atoms with Gasteiger partial charge in [0, 0.05) is 0 Å². The summed E-state index contributed by atoms with van der Waals surface area (Å²) in [5.41, 5.74) is 4.66. The van der Waals surface area contributed by atoms with Crippen LogP contribution in [0.15, 0.2) is 18.2 Å². The van der Waals surface area contributed by atoms with Gasteiger partial charge in [0.2, 0.25) is 0 Å². The number of pyridine rings is 1. The Morgan fingerprint density at radius 3 is 2.64 bits per heavy atom. The quantitative estimate of drug-likeness (QED) is 0.560. The lowest BCUT2D eigenvalue weighted by Crippen LogP contribution is -2.16. The van der Waals surface area contributed by atoms with E-state index in [4.69, 9.17) is 5.11 Å². The van der Waals surface area contributed by atoms with Gasteiger partial charge >= 0.3 is 0 Å². The van der Waals surface area contributed by atoms with Crippen LogP contribution in [-0.2, 0) is 6.61 Å². The van der Waals surface area contributed by atoms with Crippen LogP contribution in [0, 0.1) is 11.5 Å². The van der Waals surface area contributed by atoms with E-state index in [2.05, 4.69) is 36.1 Å². The van der Waals surface area contributed by atoms with Crippen LogP contribution in [0.5, 0.6) is 0 Å². The van der Waals surface area contributed by atoms with E-state index in [1.807, 2.05) is 12.1 Å². The molecular weight excluding hydrogens is 190 g/mol. The number of hydrogen-bond donors (Lipinski definition) is 1. The molecule has 0 spiro atoms. The monoisotopic (exact) mass is 205 g/mol.